The lowest BCUT2D eigenvalue weighted by Gasteiger charge is -2.09. The summed E-state index contributed by atoms with van der Waals surface area (Å²) in [6.07, 6.45) is 2.36. The summed E-state index contributed by atoms with van der Waals surface area (Å²) in [7, 11) is 0. The Morgan fingerprint density at radius 2 is 1.94 bits per heavy atom. The molecule has 0 atom stereocenters. The van der Waals surface area contributed by atoms with Gasteiger partial charge in [-0.15, -0.1) is 5.10 Å². The van der Waals surface area contributed by atoms with Gasteiger partial charge >= 0.3 is 0 Å². The molecule has 2 aromatic carbocycles. The minimum absolute atomic E-state index is 0.179. The summed E-state index contributed by atoms with van der Waals surface area (Å²) < 4.78 is 12.9. The van der Waals surface area contributed by atoms with Gasteiger partial charge in [-0.05, 0) is 56.5 Å². The quantitative estimate of drug-likeness (QED) is 0.494. The third-order valence-electron chi connectivity index (χ3n) is 4.91. The highest BCUT2D eigenvalue weighted by Gasteiger charge is 2.31. The summed E-state index contributed by atoms with van der Waals surface area (Å²) in [6, 6.07) is 17.4. The molecule has 0 spiro atoms. The summed E-state index contributed by atoms with van der Waals surface area (Å²) in [5.41, 5.74) is 2.58. The lowest BCUT2D eigenvalue weighted by molar-refractivity contribution is 0.0143. The average Bonchev–Trinajstić information content (AvgIpc) is 3.52. The molecule has 1 aliphatic carbocycles. The molecule has 7 nitrogen and oxygen atoms in total. The van der Waals surface area contributed by atoms with Gasteiger partial charge in [-0.3, -0.25) is 4.79 Å². The van der Waals surface area contributed by atoms with E-state index < -0.39 is 0 Å². The van der Waals surface area contributed by atoms with E-state index in [-0.39, 0.29) is 17.8 Å². The number of anilines is 1. The first-order chi connectivity index (χ1) is 15.1. The molecule has 1 saturated carbocycles. The van der Waals surface area contributed by atoms with Crippen LogP contribution in [0.1, 0.15) is 54.6 Å². The van der Waals surface area contributed by atoms with Crippen LogP contribution in [0.5, 0.6) is 0 Å². The number of ether oxygens (including phenoxy) is 2. The molecule has 1 amide bonds. The van der Waals surface area contributed by atoms with Gasteiger partial charge in [-0.1, -0.05) is 30.3 Å². The van der Waals surface area contributed by atoms with Crippen LogP contribution in [0.2, 0.25) is 0 Å². The lowest BCUT2D eigenvalue weighted by atomic mass is 10.2. The number of para-hydroxylation sites is 1. The Hall–Kier alpha value is -3.03. The van der Waals surface area contributed by atoms with E-state index >= 15 is 0 Å². The van der Waals surface area contributed by atoms with E-state index in [0.717, 1.165) is 29.9 Å². The Labute approximate surface area is 182 Å². The molecule has 1 aromatic heterocycles. The normalized spacial score (nSPS) is 13.5. The van der Waals surface area contributed by atoms with Gasteiger partial charge in [0.25, 0.3) is 5.91 Å². The van der Waals surface area contributed by atoms with Gasteiger partial charge in [0, 0.05) is 11.6 Å². The summed E-state index contributed by atoms with van der Waals surface area (Å²) in [5.74, 6) is 1.08. The van der Waals surface area contributed by atoms with Crippen LogP contribution in [-0.4, -0.2) is 40.0 Å². The van der Waals surface area contributed by atoms with Gasteiger partial charge in [-0.25, -0.2) is 9.67 Å². The Balaban J connectivity index is 1.41. The summed E-state index contributed by atoms with van der Waals surface area (Å²) >= 11 is 0. The molecule has 4 rings (SSSR count). The first-order valence-corrected chi connectivity index (χ1v) is 10.7. The number of hydrogen-bond donors (Lipinski definition) is 1. The number of nitrogens with one attached hydrogen (secondary N) is 1. The Morgan fingerprint density at radius 3 is 2.68 bits per heavy atom. The Bertz CT molecular complexity index is 1010. The van der Waals surface area contributed by atoms with Crippen molar-refractivity contribution in [2.75, 3.05) is 18.5 Å². The second kappa shape index (κ2) is 9.85. The van der Waals surface area contributed by atoms with Gasteiger partial charge in [0.1, 0.15) is 5.82 Å². The smallest absolute Gasteiger partial charge is 0.295 e. The first kappa shape index (κ1) is 21.2. The minimum atomic E-state index is -0.319. The van der Waals surface area contributed by atoms with Gasteiger partial charge in [-0.2, -0.15) is 0 Å². The van der Waals surface area contributed by atoms with Crippen LogP contribution in [0.15, 0.2) is 54.6 Å². The number of carbonyl (C=O) groups is 1. The second-order valence-corrected chi connectivity index (χ2v) is 7.94. The Kier molecular flexibility index (Phi) is 6.74. The van der Waals surface area contributed by atoms with Crippen LogP contribution in [0.4, 0.5) is 5.69 Å². The number of hydrogen-bond acceptors (Lipinski definition) is 5. The number of carbonyl (C=O) groups excluding carboxylic acids is 1. The van der Waals surface area contributed by atoms with E-state index in [0.29, 0.717) is 31.4 Å². The van der Waals surface area contributed by atoms with Gasteiger partial charge in [0.15, 0.2) is 0 Å². The van der Waals surface area contributed by atoms with Gasteiger partial charge in [0.2, 0.25) is 5.82 Å². The number of amides is 1. The topological polar surface area (TPSA) is 78.3 Å². The number of rotatable bonds is 10. The monoisotopic (exact) mass is 420 g/mol. The van der Waals surface area contributed by atoms with Crippen LogP contribution >= 0.6 is 0 Å². The van der Waals surface area contributed by atoms with E-state index in [1.165, 1.54) is 0 Å². The maximum atomic E-state index is 12.8. The van der Waals surface area contributed by atoms with Crippen LogP contribution < -0.4 is 5.32 Å². The van der Waals surface area contributed by atoms with Crippen molar-refractivity contribution in [2.45, 2.75) is 45.3 Å². The van der Waals surface area contributed by atoms with Crippen LogP contribution in [0.25, 0.3) is 5.69 Å². The highest BCUT2D eigenvalue weighted by atomic mass is 16.5. The molecule has 0 bridgehead atoms. The zero-order valence-corrected chi connectivity index (χ0v) is 18.0. The van der Waals surface area contributed by atoms with Crippen molar-refractivity contribution in [1.29, 1.82) is 0 Å². The fourth-order valence-electron chi connectivity index (χ4n) is 3.24. The predicted octanol–water partition coefficient (Wildman–Crippen LogP) is 4.34. The summed E-state index contributed by atoms with van der Waals surface area (Å²) in [6.45, 7) is 5.54. The molecule has 0 unspecified atom stereocenters. The molecular weight excluding hydrogens is 392 g/mol. The van der Waals surface area contributed by atoms with Crippen LogP contribution in [0, 0.1) is 0 Å². The van der Waals surface area contributed by atoms with Crippen molar-refractivity contribution in [1.82, 2.24) is 14.8 Å². The number of benzene rings is 2. The molecule has 7 heteroatoms. The van der Waals surface area contributed by atoms with Crippen LogP contribution in [0.3, 0.4) is 0 Å². The van der Waals surface area contributed by atoms with Crippen molar-refractivity contribution in [2.24, 2.45) is 0 Å². The predicted molar refractivity (Wildman–Crippen MR) is 118 cm³/mol. The van der Waals surface area contributed by atoms with E-state index in [1.807, 2.05) is 68.4 Å². The molecular formula is C24H28N4O3. The fourth-order valence-corrected chi connectivity index (χ4v) is 3.24. The number of aromatic nitrogens is 3. The molecule has 0 aliphatic heterocycles. The Morgan fingerprint density at radius 1 is 1.13 bits per heavy atom. The maximum absolute atomic E-state index is 12.8. The SMILES string of the molecule is CC(C)OCCOCc1cccc(NC(=O)c2nc(C3CC3)n(-c3ccccc3)n2)c1. The van der Waals surface area contributed by atoms with Crippen molar-refractivity contribution < 1.29 is 14.3 Å². The van der Waals surface area contributed by atoms with Crippen molar-refractivity contribution in [3.8, 4) is 5.69 Å². The van der Waals surface area contributed by atoms with Crippen molar-refractivity contribution >= 4 is 11.6 Å². The average molecular weight is 421 g/mol. The third-order valence-corrected chi connectivity index (χ3v) is 4.91. The molecule has 162 valence electrons. The van der Waals surface area contributed by atoms with E-state index in [1.54, 1.807) is 4.68 Å². The van der Waals surface area contributed by atoms with Crippen molar-refractivity contribution in [3.05, 3.63) is 71.8 Å². The molecule has 0 saturated heterocycles. The molecule has 0 radical (unpaired) electrons. The molecule has 1 fully saturated rings. The summed E-state index contributed by atoms with van der Waals surface area (Å²) in [5, 5.41) is 7.41. The second-order valence-electron chi connectivity index (χ2n) is 7.94. The van der Waals surface area contributed by atoms with E-state index in [9.17, 15) is 4.79 Å². The summed E-state index contributed by atoms with van der Waals surface area (Å²) in [4.78, 5) is 17.4. The minimum Gasteiger partial charge on any atom is -0.376 e. The first-order valence-electron chi connectivity index (χ1n) is 10.7. The molecule has 1 N–H and O–H groups in total. The zero-order chi connectivity index (χ0) is 21.6. The third kappa shape index (κ3) is 5.77. The lowest BCUT2D eigenvalue weighted by Crippen LogP contribution is -2.14. The van der Waals surface area contributed by atoms with Crippen LogP contribution in [-0.2, 0) is 16.1 Å². The highest BCUT2D eigenvalue weighted by Crippen LogP contribution is 2.39. The fraction of sp³-hybridized carbons (Fsp3) is 0.375. The standard InChI is InChI=1S/C24H28N4O3/c1-17(2)31-14-13-30-16-18-7-6-8-20(15-18)25-24(29)22-26-23(19-11-12-19)28(27-22)21-9-4-3-5-10-21/h3-10,15,17,19H,11-14,16H2,1-2H3,(H,25,29). The van der Waals surface area contributed by atoms with E-state index in [4.69, 9.17) is 9.47 Å². The maximum Gasteiger partial charge on any atom is 0.295 e. The van der Waals surface area contributed by atoms with Gasteiger partial charge in [0.05, 0.1) is 31.6 Å². The largest absolute Gasteiger partial charge is 0.376 e. The molecule has 1 heterocycles. The molecule has 1 aliphatic rings. The number of nitrogens with zero attached hydrogens (tertiary/aromatic N) is 3. The van der Waals surface area contributed by atoms with Crippen molar-refractivity contribution in [3.63, 3.8) is 0 Å². The van der Waals surface area contributed by atoms with E-state index in [2.05, 4.69) is 15.4 Å². The van der Waals surface area contributed by atoms with Gasteiger partial charge < -0.3 is 14.8 Å². The molecule has 3 aromatic rings. The highest BCUT2D eigenvalue weighted by molar-refractivity contribution is 6.01. The molecule has 31 heavy (non-hydrogen) atoms. The zero-order valence-electron chi connectivity index (χ0n) is 18.0.